The molecule has 0 radical (unpaired) electrons. The molecular formula is C27H30N4O4. The number of hydrogen-bond acceptors (Lipinski definition) is 7. The number of fused-ring (bicyclic) bond motifs is 1. The lowest BCUT2D eigenvalue weighted by Gasteiger charge is -2.33. The van der Waals surface area contributed by atoms with Crippen LogP contribution in [0.3, 0.4) is 0 Å². The second-order valence-corrected chi connectivity index (χ2v) is 9.52. The molecule has 0 saturated carbocycles. The minimum atomic E-state index is 0.102. The highest BCUT2D eigenvalue weighted by molar-refractivity contribution is 5.79. The van der Waals surface area contributed by atoms with Gasteiger partial charge in [0.1, 0.15) is 13.2 Å². The molecule has 1 amide bonds. The average molecular weight is 475 g/mol. The van der Waals surface area contributed by atoms with Gasteiger partial charge in [0.15, 0.2) is 11.5 Å². The summed E-state index contributed by atoms with van der Waals surface area (Å²) >= 11 is 0. The van der Waals surface area contributed by atoms with E-state index in [2.05, 4.69) is 21.1 Å². The molecule has 8 heteroatoms. The van der Waals surface area contributed by atoms with Crippen LogP contribution in [0, 0.1) is 0 Å². The molecule has 0 spiro atoms. The standard InChI is InChI=1S/C27H30N4O4/c32-25(31-12-4-7-22(31)21-8-9-23-24(17-21)34-16-15-33-23)18-30-13-10-20(11-14-30)27-28-26(29-35-27)19-5-2-1-3-6-19/h1-3,5-6,8-9,17,20,22H,4,7,10-16,18H2. The van der Waals surface area contributed by atoms with Crippen LogP contribution < -0.4 is 9.47 Å². The Labute approximate surface area is 204 Å². The number of carbonyl (C=O) groups excluding carboxylic acids is 1. The predicted molar refractivity (Wildman–Crippen MR) is 129 cm³/mol. The number of rotatable bonds is 5. The fourth-order valence-electron chi connectivity index (χ4n) is 5.40. The molecule has 182 valence electrons. The van der Waals surface area contributed by atoms with Gasteiger partial charge in [0.05, 0.1) is 12.6 Å². The van der Waals surface area contributed by atoms with Gasteiger partial charge in [0.2, 0.25) is 17.6 Å². The Morgan fingerprint density at radius 1 is 0.943 bits per heavy atom. The number of nitrogens with zero attached hydrogens (tertiary/aromatic N) is 4. The van der Waals surface area contributed by atoms with E-state index < -0.39 is 0 Å². The zero-order valence-electron chi connectivity index (χ0n) is 19.8. The average Bonchev–Trinajstić information content (AvgIpc) is 3.60. The van der Waals surface area contributed by atoms with Crippen LogP contribution in [-0.4, -0.2) is 65.2 Å². The normalized spacial score (nSPS) is 20.8. The van der Waals surface area contributed by atoms with E-state index in [9.17, 15) is 4.79 Å². The monoisotopic (exact) mass is 474 g/mol. The molecule has 1 atom stereocenters. The molecule has 2 fully saturated rings. The van der Waals surface area contributed by atoms with E-state index in [1.54, 1.807) is 0 Å². The van der Waals surface area contributed by atoms with Gasteiger partial charge in [-0.15, -0.1) is 0 Å². The van der Waals surface area contributed by atoms with Crippen molar-refractivity contribution in [2.24, 2.45) is 0 Å². The quantitative estimate of drug-likeness (QED) is 0.552. The van der Waals surface area contributed by atoms with Gasteiger partial charge in [-0.3, -0.25) is 9.69 Å². The number of hydrogen-bond donors (Lipinski definition) is 0. The molecule has 6 rings (SSSR count). The number of amides is 1. The summed E-state index contributed by atoms with van der Waals surface area (Å²) in [5.41, 5.74) is 2.09. The van der Waals surface area contributed by atoms with Gasteiger partial charge >= 0.3 is 0 Å². The molecule has 0 N–H and O–H groups in total. The van der Waals surface area contributed by atoms with Gasteiger partial charge in [-0.25, -0.2) is 0 Å². The summed E-state index contributed by atoms with van der Waals surface area (Å²) in [6.07, 6.45) is 3.83. The van der Waals surface area contributed by atoms with Crippen molar-refractivity contribution in [1.82, 2.24) is 19.9 Å². The highest BCUT2D eigenvalue weighted by atomic mass is 16.6. The number of piperidine rings is 1. The molecule has 4 heterocycles. The lowest BCUT2D eigenvalue weighted by atomic mass is 9.96. The van der Waals surface area contributed by atoms with E-state index in [0.29, 0.717) is 31.5 Å². The van der Waals surface area contributed by atoms with Gasteiger partial charge in [-0.2, -0.15) is 4.98 Å². The molecule has 1 aromatic heterocycles. The Kier molecular flexibility index (Phi) is 6.12. The Bertz CT molecular complexity index is 1170. The van der Waals surface area contributed by atoms with Crippen LogP contribution in [0.5, 0.6) is 11.5 Å². The summed E-state index contributed by atoms with van der Waals surface area (Å²) in [4.78, 5) is 22.2. The van der Waals surface area contributed by atoms with Crippen molar-refractivity contribution < 1.29 is 18.8 Å². The molecule has 0 aliphatic carbocycles. The lowest BCUT2D eigenvalue weighted by molar-refractivity contribution is -0.133. The molecule has 3 aliphatic heterocycles. The van der Waals surface area contributed by atoms with Crippen molar-refractivity contribution in [3.63, 3.8) is 0 Å². The molecule has 3 aliphatic rings. The van der Waals surface area contributed by atoms with Crippen molar-refractivity contribution in [3.05, 3.63) is 60.0 Å². The summed E-state index contributed by atoms with van der Waals surface area (Å²) in [5, 5.41) is 4.17. The van der Waals surface area contributed by atoms with E-state index in [1.807, 2.05) is 47.4 Å². The van der Waals surface area contributed by atoms with Crippen LogP contribution in [-0.2, 0) is 4.79 Å². The van der Waals surface area contributed by atoms with Crippen molar-refractivity contribution >= 4 is 5.91 Å². The third-order valence-electron chi connectivity index (χ3n) is 7.29. The summed E-state index contributed by atoms with van der Waals surface area (Å²) in [6, 6.07) is 16.1. The minimum Gasteiger partial charge on any atom is -0.486 e. The number of carbonyl (C=O) groups is 1. The van der Waals surface area contributed by atoms with Gasteiger partial charge in [-0.1, -0.05) is 41.6 Å². The molecule has 0 bridgehead atoms. The fourth-order valence-corrected chi connectivity index (χ4v) is 5.40. The van der Waals surface area contributed by atoms with Gasteiger partial charge in [0.25, 0.3) is 0 Å². The molecule has 1 unspecified atom stereocenters. The second kappa shape index (κ2) is 9.70. The van der Waals surface area contributed by atoms with Crippen LogP contribution >= 0.6 is 0 Å². The first-order chi connectivity index (χ1) is 17.2. The second-order valence-electron chi connectivity index (χ2n) is 9.52. The number of likely N-dealkylation sites (tertiary alicyclic amines) is 2. The molecule has 3 aromatic rings. The Balaban J connectivity index is 1.05. The van der Waals surface area contributed by atoms with Crippen molar-refractivity contribution in [1.29, 1.82) is 0 Å². The molecule has 2 aromatic carbocycles. The maximum Gasteiger partial charge on any atom is 0.237 e. The molecular weight excluding hydrogens is 444 g/mol. The Morgan fingerprint density at radius 3 is 2.57 bits per heavy atom. The zero-order valence-corrected chi connectivity index (χ0v) is 19.8. The van der Waals surface area contributed by atoms with E-state index in [0.717, 1.165) is 67.9 Å². The first-order valence-corrected chi connectivity index (χ1v) is 12.5. The van der Waals surface area contributed by atoms with Crippen LogP contribution in [0.15, 0.2) is 53.1 Å². The minimum absolute atomic E-state index is 0.102. The third-order valence-corrected chi connectivity index (χ3v) is 7.29. The number of ether oxygens (including phenoxy) is 2. The summed E-state index contributed by atoms with van der Waals surface area (Å²) < 4.78 is 17.0. The largest absolute Gasteiger partial charge is 0.486 e. The Morgan fingerprint density at radius 2 is 1.74 bits per heavy atom. The lowest BCUT2D eigenvalue weighted by Crippen LogP contribution is -2.43. The maximum absolute atomic E-state index is 13.3. The first kappa shape index (κ1) is 22.1. The van der Waals surface area contributed by atoms with Crippen LogP contribution in [0.25, 0.3) is 11.4 Å². The third kappa shape index (κ3) is 4.62. The van der Waals surface area contributed by atoms with Gasteiger partial charge in [-0.05, 0) is 56.5 Å². The van der Waals surface area contributed by atoms with E-state index in [1.165, 1.54) is 0 Å². The molecule has 35 heavy (non-hydrogen) atoms. The van der Waals surface area contributed by atoms with Crippen molar-refractivity contribution in [2.45, 2.75) is 37.6 Å². The fraction of sp³-hybridized carbons (Fsp3) is 0.444. The summed E-state index contributed by atoms with van der Waals surface area (Å²) in [5.74, 6) is 3.35. The zero-order chi connectivity index (χ0) is 23.6. The molecule has 8 nitrogen and oxygen atoms in total. The van der Waals surface area contributed by atoms with Crippen LogP contribution in [0.4, 0.5) is 0 Å². The van der Waals surface area contributed by atoms with Crippen LogP contribution in [0.2, 0.25) is 0 Å². The maximum atomic E-state index is 13.3. The number of aromatic nitrogens is 2. The van der Waals surface area contributed by atoms with E-state index in [4.69, 9.17) is 14.0 Å². The molecule has 2 saturated heterocycles. The van der Waals surface area contributed by atoms with Crippen molar-refractivity contribution in [2.75, 3.05) is 39.4 Å². The highest BCUT2D eigenvalue weighted by Crippen LogP contribution is 2.38. The topological polar surface area (TPSA) is 80.9 Å². The highest BCUT2D eigenvalue weighted by Gasteiger charge is 2.33. The smallest absolute Gasteiger partial charge is 0.237 e. The van der Waals surface area contributed by atoms with Gasteiger partial charge in [0, 0.05) is 18.0 Å². The first-order valence-electron chi connectivity index (χ1n) is 12.5. The van der Waals surface area contributed by atoms with Crippen molar-refractivity contribution in [3.8, 4) is 22.9 Å². The Hall–Kier alpha value is -3.39. The van der Waals surface area contributed by atoms with E-state index >= 15 is 0 Å². The van der Waals surface area contributed by atoms with Crippen LogP contribution in [0.1, 0.15) is 49.1 Å². The van der Waals surface area contributed by atoms with E-state index in [-0.39, 0.29) is 17.9 Å². The summed E-state index contributed by atoms with van der Waals surface area (Å²) in [7, 11) is 0. The number of benzene rings is 2. The predicted octanol–water partition coefficient (Wildman–Crippen LogP) is 4.05. The van der Waals surface area contributed by atoms with Gasteiger partial charge < -0.3 is 18.9 Å². The SMILES string of the molecule is O=C(CN1CCC(c2nc(-c3ccccc3)no2)CC1)N1CCCC1c1ccc2c(c1)OCCO2. The summed E-state index contributed by atoms with van der Waals surface area (Å²) in [6.45, 7) is 4.10.